The summed E-state index contributed by atoms with van der Waals surface area (Å²) >= 11 is 0. The van der Waals surface area contributed by atoms with Crippen LogP contribution < -0.4 is 15.6 Å². The smallest absolute Gasteiger partial charge is 0.261 e. The van der Waals surface area contributed by atoms with Gasteiger partial charge in [0.25, 0.3) is 5.56 Å². The molecule has 0 radical (unpaired) electrons. The normalized spacial score (nSPS) is 10.6. The van der Waals surface area contributed by atoms with E-state index in [2.05, 4.69) is 35.5 Å². The molecule has 3 N–H and O–H groups in total. The highest BCUT2D eigenvalue weighted by Gasteiger charge is 2.11. The van der Waals surface area contributed by atoms with E-state index in [-0.39, 0.29) is 5.56 Å². The molecule has 28 heavy (non-hydrogen) atoms. The Kier molecular flexibility index (Phi) is 4.55. The Labute approximate surface area is 159 Å². The van der Waals surface area contributed by atoms with Crippen LogP contribution in [0.5, 0.6) is 11.5 Å². The van der Waals surface area contributed by atoms with Crippen LogP contribution in [0.2, 0.25) is 0 Å². The molecule has 0 atom stereocenters. The van der Waals surface area contributed by atoms with Crippen molar-refractivity contribution in [2.75, 3.05) is 12.4 Å². The molecule has 0 aliphatic rings. The molecular formula is C19H17N7O2. The first kappa shape index (κ1) is 17.4. The number of ether oxygens (including phenoxy) is 1. The molecule has 0 aliphatic carbocycles. The van der Waals surface area contributed by atoms with Crippen LogP contribution in [0.3, 0.4) is 0 Å². The fourth-order valence-electron chi connectivity index (χ4n) is 2.66. The Morgan fingerprint density at radius 3 is 2.71 bits per heavy atom. The molecule has 4 heterocycles. The number of aryl methyl sites for hydroxylation is 1. The number of nitrogens with one attached hydrogen (secondary N) is 3. The molecule has 4 rings (SSSR count). The van der Waals surface area contributed by atoms with Crippen molar-refractivity contribution in [1.29, 1.82) is 0 Å². The van der Waals surface area contributed by atoms with Crippen LogP contribution in [0.25, 0.3) is 22.5 Å². The van der Waals surface area contributed by atoms with Gasteiger partial charge in [-0.25, -0.2) is 9.97 Å². The minimum absolute atomic E-state index is 0.265. The number of aromatic nitrogens is 6. The van der Waals surface area contributed by atoms with Gasteiger partial charge < -0.3 is 10.1 Å². The predicted octanol–water partition coefficient (Wildman–Crippen LogP) is 2.76. The number of hydrogen-bond donors (Lipinski definition) is 3. The molecular weight excluding hydrogens is 358 g/mol. The summed E-state index contributed by atoms with van der Waals surface area (Å²) in [6.07, 6.45) is 6.62. The third kappa shape index (κ3) is 3.45. The maximum absolute atomic E-state index is 12.2. The Balaban J connectivity index is 1.61. The first-order valence-corrected chi connectivity index (χ1v) is 8.52. The molecule has 0 aliphatic heterocycles. The van der Waals surface area contributed by atoms with Gasteiger partial charge in [-0.3, -0.25) is 19.9 Å². The monoisotopic (exact) mass is 375 g/mol. The highest BCUT2D eigenvalue weighted by Crippen LogP contribution is 2.28. The quantitative estimate of drug-likeness (QED) is 0.490. The maximum atomic E-state index is 12.2. The van der Waals surface area contributed by atoms with Gasteiger partial charge in [-0.1, -0.05) is 0 Å². The fraction of sp³-hybridized carbons (Fsp3) is 0.105. The summed E-state index contributed by atoms with van der Waals surface area (Å²) in [5, 5.41) is 9.48. The lowest BCUT2D eigenvalue weighted by molar-refractivity contribution is 0.475. The van der Waals surface area contributed by atoms with E-state index in [9.17, 15) is 4.79 Å². The van der Waals surface area contributed by atoms with Gasteiger partial charge in [-0.05, 0) is 25.1 Å². The number of aromatic amines is 2. The number of anilines is 1. The van der Waals surface area contributed by atoms with Crippen molar-refractivity contribution >= 4 is 5.95 Å². The minimum atomic E-state index is -0.265. The number of H-pyrrole nitrogens is 2. The summed E-state index contributed by atoms with van der Waals surface area (Å²) in [5.74, 6) is 1.61. The summed E-state index contributed by atoms with van der Waals surface area (Å²) < 4.78 is 5.96. The molecule has 0 amide bonds. The number of nitrogens with zero attached hydrogens (tertiary/aromatic N) is 4. The highest BCUT2D eigenvalue weighted by atomic mass is 16.5. The van der Waals surface area contributed by atoms with Gasteiger partial charge in [0.1, 0.15) is 11.5 Å². The van der Waals surface area contributed by atoms with Gasteiger partial charge in [0, 0.05) is 37.3 Å². The number of pyridine rings is 2. The van der Waals surface area contributed by atoms with E-state index in [0.29, 0.717) is 34.4 Å². The topological polar surface area (TPSA) is 121 Å². The standard InChI is InChI=1S/C19H17N7O2/c1-11-17(28-13-5-6-21-16(7-13)12-8-23-24-9-12)4-3-15(25-11)14-10-22-19(20-2)26-18(14)27/h3-10H,1-2H3,(H,23,24)(H2,20,22,26,27). The summed E-state index contributed by atoms with van der Waals surface area (Å²) in [6.45, 7) is 1.82. The molecule has 4 aromatic rings. The SMILES string of the molecule is CNc1ncc(-c2ccc(Oc3ccnc(-c4cn[nH]c4)c3)c(C)n2)c(=O)[nH]1. The molecule has 4 aromatic heterocycles. The number of rotatable bonds is 5. The van der Waals surface area contributed by atoms with Gasteiger partial charge in [-0.2, -0.15) is 5.10 Å². The molecule has 0 fully saturated rings. The molecule has 0 saturated heterocycles. The average Bonchev–Trinajstić information content (AvgIpc) is 3.25. The van der Waals surface area contributed by atoms with Crippen molar-refractivity contribution in [3.63, 3.8) is 0 Å². The zero-order valence-corrected chi connectivity index (χ0v) is 15.2. The molecule has 0 aromatic carbocycles. The van der Waals surface area contributed by atoms with E-state index in [1.165, 1.54) is 6.20 Å². The van der Waals surface area contributed by atoms with Crippen LogP contribution in [0.15, 0.2) is 53.8 Å². The van der Waals surface area contributed by atoms with Crippen LogP contribution in [0.1, 0.15) is 5.69 Å². The van der Waals surface area contributed by atoms with Crippen LogP contribution in [-0.2, 0) is 0 Å². The Hall–Kier alpha value is -4.01. The van der Waals surface area contributed by atoms with E-state index in [1.807, 2.05) is 13.0 Å². The number of hydrogen-bond acceptors (Lipinski definition) is 7. The summed E-state index contributed by atoms with van der Waals surface area (Å²) in [4.78, 5) is 27.8. The maximum Gasteiger partial charge on any atom is 0.261 e. The first-order chi connectivity index (χ1) is 13.6. The second-order valence-corrected chi connectivity index (χ2v) is 5.97. The largest absolute Gasteiger partial charge is 0.455 e. The van der Waals surface area contributed by atoms with Crippen LogP contribution in [-0.4, -0.2) is 37.2 Å². The van der Waals surface area contributed by atoms with Gasteiger partial charge in [0.2, 0.25) is 5.95 Å². The van der Waals surface area contributed by atoms with Crippen LogP contribution >= 0.6 is 0 Å². The molecule has 9 heteroatoms. The molecule has 140 valence electrons. The second kappa shape index (κ2) is 7.31. The van der Waals surface area contributed by atoms with Crippen LogP contribution in [0.4, 0.5) is 5.95 Å². The molecule has 9 nitrogen and oxygen atoms in total. The fourth-order valence-corrected chi connectivity index (χ4v) is 2.66. The zero-order valence-electron chi connectivity index (χ0n) is 15.2. The van der Waals surface area contributed by atoms with Crippen LogP contribution in [0, 0.1) is 6.92 Å². The van der Waals surface area contributed by atoms with E-state index >= 15 is 0 Å². The second-order valence-electron chi connectivity index (χ2n) is 5.97. The van der Waals surface area contributed by atoms with Gasteiger partial charge in [0.15, 0.2) is 0 Å². The Morgan fingerprint density at radius 1 is 1.11 bits per heavy atom. The van der Waals surface area contributed by atoms with E-state index < -0.39 is 0 Å². The lowest BCUT2D eigenvalue weighted by atomic mass is 10.2. The van der Waals surface area contributed by atoms with Gasteiger partial charge in [0.05, 0.1) is 28.8 Å². The summed E-state index contributed by atoms with van der Waals surface area (Å²) in [5.41, 5.74) is 2.91. The zero-order chi connectivity index (χ0) is 19.5. The summed E-state index contributed by atoms with van der Waals surface area (Å²) in [7, 11) is 1.68. The van der Waals surface area contributed by atoms with Crippen molar-refractivity contribution in [2.24, 2.45) is 0 Å². The van der Waals surface area contributed by atoms with Crippen molar-refractivity contribution in [3.8, 4) is 34.0 Å². The van der Waals surface area contributed by atoms with Gasteiger partial charge in [-0.15, -0.1) is 0 Å². The van der Waals surface area contributed by atoms with E-state index in [0.717, 1.165) is 11.3 Å². The Morgan fingerprint density at radius 2 is 2.00 bits per heavy atom. The lowest BCUT2D eigenvalue weighted by Crippen LogP contribution is -2.13. The average molecular weight is 375 g/mol. The molecule has 0 saturated carbocycles. The molecule has 0 unspecified atom stereocenters. The van der Waals surface area contributed by atoms with E-state index in [1.54, 1.807) is 43.8 Å². The third-order valence-electron chi connectivity index (χ3n) is 4.10. The Bertz CT molecular complexity index is 1170. The van der Waals surface area contributed by atoms with Crippen molar-refractivity contribution in [3.05, 3.63) is 65.1 Å². The first-order valence-electron chi connectivity index (χ1n) is 8.52. The molecule has 0 bridgehead atoms. The van der Waals surface area contributed by atoms with E-state index in [4.69, 9.17) is 4.74 Å². The van der Waals surface area contributed by atoms with Gasteiger partial charge >= 0.3 is 0 Å². The van der Waals surface area contributed by atoms with Crippen molar-refractivity contribution in [1.82, 2.24) is 30.1 Å². The molecule has 0 spiro atoms. The minimum Gasteiger partial charge on any atom is -0.455 e. The van der Waals surface area contributed by atoms with Crippen molar-refractivity contribution in [2.45, 2.75) is 6.92 Å². The van der Waals surface area contributed by atoms with Crippen molar-refractivity contribution < 1.29 is 4.74 Å². The predicted molar refractivity (Wildman–Crippen MR) is 104 cm³/mol. The lowest BCUT2D eigenvalue weighted by Gasteiger charge is -2.10. The summed E-state index contributed by atoms with van der Waals surface area (Å²) in [6, 6.07) is 7.10. The highest BCUT2D eigenvalue weighted by molar-refractivity contribution is 5.60. The third-order valence-corrected chi connectivity index (χ3v) is 4.10.